The Morgan fingerprint density at radius 2 is 2.15 bits per heavy atom. The van der Waals surface area contributed by atoms with Gasteiger partial charge in [-0.05, 0) is 17.7 Å². The van der Waals surface area contributed by atoms with Crippen molar-refractivity contribution < 1.29 is 19.4 Å². The predicted octanol–water partition coefficient (Wildman–Crippen LogP) is 1.30. The molecule has 20 heavy (non-hydrogen) atoms. The molecule has 0 aromatic heterocycles. The Labute approximate surface area is 119 Å². The quantitative estimate of drug-likeness (QED) is 0.791. The highest BCUT2D eigenvalue weighted by molar-refractivity contribution is 5.89. The molecule has 1 atom stereocenters. The van der Waals surface area contributed by atoms with Gasteiger partial charge in [-0.3, -0.25) is 0 Å². The van der Waals surface area contributed by atoms with Gasteiger partial charge in [-0.1, -0.05) is 12.1 Å². The number of rotatable bonds is 7. The molecule has 0 saturated heterocycles. The van der Waals surface area contributed by atoms with Crippen LogP contribution >= 0.6 is 0 Å². The molecule has 1 aromatic carbocycles. The van der Waals surface area contributed by atoms with Crippen LogP contribution in [0.4, 0.5) is 10.5 Å². The molecule has 0 radical (unpaired) electrons. The number of methoxy groups -OCH3 is 2. The number of hydrogen-bond acceptors (Lipinski definition) is 4. The third-order valence-corrected chi connectivity index (χ3v) is 2.68. The van der Waals surface area contributed by atoms with Crippen molar-refractivity contribution in [3.8, 4) is 0 Å². The lowest BCUT2D eigenvalue weighted by Crippen LogP contribution is -2.38. The largest absolute Gasteiger partial charge is 0.389 e. The smallest absolute Gasteiger partial charge is 0.321 e. The van der Waals surface area contributed by atoms with Gasteiger partial charge in [0.25, 0.3) is 0 Å². The minimum atomic E-state index is -0.699. The molecule has 0 aliphatic rings. The number of anilines is 1. The van der Waals surface area contributed by atoms with E-state index in [-0.39, 0.29) is 19.2 Å². The fraction of sp³-hybridized carbons (Fsp3) is 0.500. The molecule has 2 amide bonds. The van der Waals surface area contributed by atoms with Crippen molar-refractivity contribution in [3.05, 3.63) is 29.8 Å². The Hall–Kier alpha value is -1.63. The van der Waals surface area contributed by atoms with Gasteiger partial charge < -0.3 is 24.8 Å². The SMILES string of the molecule is COCc1cccc(NC(=O)N(C)C[C@H](O)COC)c1. The average molecular weight is 282 g/mol. The number of aliphatic hydroxyl groups is 1. The summed E-state index contributed by atoms with van der Waals surface area (Å²) in [6.07, 6.45) is -0.699. The van der Waals surface area contributed by atoms with E-state index >= 15 is 0 Å². The third-order valence-electron chi connectivity index (χ3n) is 2.68. The van der Waals surface area contributed by atoms with Crippen molar-refractivity contribution in [2.45, 2.75) is 12.7 Å². The number of carbonyl (C=O) groups excluding carboxylic acids is 1. The van der Waals surface area contributed by atoms with Crippen LogP contribution in [0.25, 0.3) is 0 Å². The van der Waals surface area contributed by atoms with Crippen molar-refractivity contribution in [1.29, 1.82) is 0 Å². The summed E-state index contributed by atoms with van der Waals surface area (Å²) in [6, 6.07) is 7.14. The molecule has 6 heteroatoms. The Morgan fingerprint density at radius 1 is 1.40 bits per heavy atom. The predicted molar refractivity (Wildman–Crippen MR) is 76.7 cm³/mol. The summed E-state index contributed by atoms with van der Waals surface area (Å²) < 4.78 is 9.87. The number of carbonyl (C=O) groups is 1. The van der Waals surface area contributed by atoms with Crippen molar-refractivity contribution in [2.24, 2.45) is 0 Å². The first-order valence-corrected chi connectivity index (χ1v) is 6.33. The molecule has 112 valence electrons. The first-order valence-electron chi connectivity index (χ1n) is 6.33. The number of benzene rings is 1. The van der Waals surface area contributed by atoms with Gasteiger partial charge >= 0.3 is 6.03 Å². The monoisotopic (exact) mass is 282 g/mol. The fourth-order valence-corrected chi connectivity index (χ4v) is 1.77. The lowest BCUT2D eigenvalue weighted by Gasteiger charge is -2.21. The van der Waals surface area contributed by atoms with Crippen molar-refractivity contribution >= 4 is 11.7 Å². The molecule has 0 spiro atoms. The van der Waals surface area contributed by atoms with E-state index in [1.807, 2.05) is 18.2 Å². The molecule has 6 nitrogen and oxygen atoms in total. The van der Waals surface area contributed by atoms with Crippen LogP contribution in [-0.4, -0.2) is 56.6 Å². The van der Waals surface area contributed by atoms with E-state index in [1.165, 1.54) is 12.0 Å². The van der Waals surface area contributed by atoms with Gasteiger partial charge in [-0.15, -0.1) is 0 Å². The lowest BCUT2D eigenvalue weighted by atomic mass is 10.2. The Bertz CT molecular complexity index is 425. The zero-order valence-corrected chi connectivity index (χ0v) is 12.1. The van der Waals surface area contributed by atoms with Crippen LogP contribution in [0.3, 0.4) is 0 Å². The number of hydrogen-bond donors (Lipinski definition) is 2. The number of aliphatic hydroxyl groups excluding tert-OH is 1. The van der Waals surface area contributed by atoms with Gasteiger partial charge in [0.05, 0.1) is 25.9 Å². The van der Waals surface area contributed by atoms with E-state index in [4.69, 9.17) is 9.47 Å². The number of ether oxygens (including phenoxy) is 2. The number of urea groups is 1. The molecule has 1 aromatic rings. The number of nitrogens with zero attached hydrogens (tertiary/aromatic N) is 1. The van der Waals surface area contributed by atoms with Gasteiger partial charge in [-0.25, -0.2) is 4.79 Å². The van der Waals surface area contributed by atoms with Crippen LogP contribution in [-0.2, 0) is 16.1 Å². The van der Waals surface area contributed by atoms with E-state index in [1.54, 1.807) is 20.2 Å². The zero-order valence-electron chi connectivity index (χ0n) is 12.1. The van der Waals surface area contributed by atoms with E-state index in [9.17, 15) is 9.90 Å². The molecule has 0 fully saturated rings. The second kappa shape index (κ2) is 8.52. The van der Waals surface area contributed by atoms with E-state index < -0.39 is 6.10 Å². The highest BCUT2D eigenvalue weighted by atomic mass is 16.5. The third kappa shape index (κ3) is 5.56. The minimum absolute atomic E-state index is 0.195. The topological polar surface area (TPSA) is 71.0 Å². The highest BCUT2D eigenvalue weighted by Crippen LogP contribution is 2.12. The number of likely N-dealkylation sites (N-methyl/N-ethyl adjacent to an activating group) is 1. The highest BCUT2D eigenvalue weighted by Gasteiger charge is 2.13. The normalized spacial score (nSPS) is 12.0. The molecule has 0 aliphatic heterocycles. The molecule has 1 rings (SSSR count). The molecular weight excluding hydrogens is 260 g/mol. The number of amides is 2. The first-order chi connectivity index (χ1) is 9.56. The van der Waals surface area contributed by atoms with Crippen molar-refractivity contribution in [3.63, 3.8) is 0 Å². The molecule has 0 saturated carbocycles. The second-order valence-corrected chi connectivity index (χ2v) is 4.55. The summed E-state index contributed by atoms with van der Waals surface area (Å²) in [5.41, 5.74) is 1.67. The van der Waals surface area contributed by atoms with Crippen LogP contribution in [0.2, 0.25) is 0 Å². The average Bonchev–Trinajstić information content (AvgIpc) is 2.39. The summed E-state index contributed by atoms with van der Waals surface area (Å²) in [7, 11) is 4.74. The van der Waals surface area contributed by atoms with Crippen LogP contribution in [0.5, 0.6) is 0 Å². The Kier molecular flexibility index (Phi) is 7.00. The summed E-state index contributed by atoms with van der Waals surface area (Å²) in [5, 5.41) is 12.4. The number of nitrogens with one attached hydrogen (secondary N) is 1. The van der Waals surface area contributed by atoms with E-state index in [0.717, 1.165) is 5.56 Å². The summed E-state index contributed by atoms with van der Waals surface area (Å²) in [5.74, 6) is 0. The van der Waals surface area contributed by atoms with E-state index in [0.29, 0.717) is 12.3 Å². The van der Waals surface area contributed by atoms with Crippen molar-refractivity contribution in [2.75, 3.05) is 39.7 Å². The second-order valence-electron chi connectivity index (χ2n) is 4.55. The summed E-state index contributed by atoms with van der Waals surface area (Å²) in [6.45, 7) is 0.893. The molecule has 2 N–H and O–H groups in total. The summed E-state index contributed by atoms with van der Waals surface area (Å²) in [4.78, 5) is 13.4. The molecule has 0 aliphatic carbocycles. The van der Waals surface area contributed by atoms with Crippen LogP contribution in [0.15, 0.2) is 24.3 Å². The van der Waals surface area contributed by atoms with Crippen LogP contribution in [0.1, 0.15) is 5.56 Å². The maximum Gasteiger partial charge on any atom is 0.321 e. The standard InChI is InChI=1S/C14H22N2O4/c1-16(8-13(17)10-20-3)14(18)15-12-6-4-5-11(7-12)9-19-2/h4-7,13,17H,8-10H2,1-3H3,(H,15,18)/t13-/m0/s1. The zero-order chi connectivity index (χ0) is 15.0. The summed E-state index contributed by atoms with van der Waals surface area (Å²) >= 11 is 0. The maximum atomic E-state index is 12.0. The first kappa shape index (κ1) is 16.4. The van der Waals surface area contributed by atoms with Crippen molar-refractivity contribution in [1.82, 2.24) is 4.90 Å². The van der Waals surface area contributed by atoms with Gasteiger partial charge in [0, 0.05) is 27.0 Å². The van der Waals surface area contributed by atoms with Crippen LogP contribution in [0, 0.1) is 0 Å². The molecule has 0 heterocycles. The molecule has 0 bridgehead atoms. The Morgan fingerprint density at radius 3 is 2.80 bits per heavy atom. The fourth-order valence-electron chi connectivity index (χ4n) is 1.77. The maximum absolute atomic E-state index is 12.0. The minimum Gasteiger partial charge on any atom is -0.389 e. The van der Waals surface area contributed by atoms with E-state index in [2.05, 4.69) is 5.32 Å². The van der Waals surface area contributed by atoms with Gasteiger partial charge in [-0.2, -0.15) is 0 Å². The lowest BCUT2D eigenvalue weighted by molar-refractivity contribution is 0.0501. The molecule has 0 unspecified atom stereocenters. The van der Waals surface area contributed by atoms with Crippen LogP contribution < -0.4 is 5.32 Å². The van der Waals surface area contributed by atoms with Gasteiger partial charge in [0.15, 0.2) is 0 Å². The van der Waals surface area contributed by atoms with Gasteiger partial charge in [0.2, 0.25) is 0 Å². The van der Waals surface area contributed by atoms with Gasteiger partial charge in [0.1, 0.15) is 0 Å². The molecular formula is C14H22N2O4. The Balaban J connectivity index is 2.54.